The summed E-state index contributed by atoms with van der Waals surface area (Å²) in [6, 6.07) is 3.53. The molecule has 0 bridgehead atoms. The van der Waals surface area contributed by atoms with Gasteiger partial charge in [-0.2, -0.15) is 9.40 Å². The standard InChI is InChI=1S/C14H18N4O4S/c1-9-4-5-13(16-15-9)21-12-6-7-18(8-12)23(19,20)14-10(2)17-22-11(14)3/h4-5,12H,6-8H2,1-3H3/t12-/m0/s1. The molecule has 23 heavy (non-hydrogen) atoms. The first-order valence-electron chi connectivity index (χ1n) is 7.28. The molecule has 1 fully saturated rings. The van der Waals surface area contributed by atoms with E-state index in [1.54, 1.807) is 26.0 Å². The first-order chi connectivity index (χ1) is 10.9. The SMILES string of the molecule is Cc1ccc(O[C@H]2CCN(S(=O)(=O)c3c(C)noc3C)C2)nn1. The number of aryl methyl sites for hydroxylation is 3. The minimum Gasteiger partial charge on any atom is -0.472 e. The third kappa shape index (κ3) is 3.06. The van der Waals surface area contributed by atoms with Crippen LogP contribution < -0.4 is 4.74 Å². The fraction of sp³-hybridized carbons (Fsp3) is 0.500. The van der Waals surface area contributed by atoms with Gasteiger partial charge in [0.05, 0.1) is 12.2 Å². The van der Waals surface area contributed by atoms with Crippen LogP contribution in [-0.4, -0.2) is 47.3 Å². The Morgan fingerprint density at radius 1 is 1.26 bits per heavy atom. The number of ether oxygens (including phenoxy) is 1. The number of rotatable bonds is 4. The van der Waals surface area contributed by atoms with Gasteiger partial charge in [0.1, 0.15) is 16.7 Å². The fourth-order valence-electron chi connectivity index (χ4n) is 2.60. The minimum atomic E-state index is -3.63. The van der Waals surface area contributed by atoms with Crippen molar-refractivity contribution in [3.63, 3.8) is 0 Å². The zero-order chi connectivity index (χ0) is 16.6. The van der Waals surface area contributed by atoms with Crippen molar-refractivity contribution < 1.29 is 17.7 Å². The Morgan fingerprint density at radius 3 is 2.65 bits per heavy atom. The van der Waals surface area contributed by atoms with Gasteiger partial charge >= 0.3 is 0 Å². The van der Waals surface area contributed by atoms with Crippen molar-refractivity contribution in [3.05, 3.63) is 29.3 Å². The number of hydrogen-bond acceptors (Lipinski definition) is 7. The molecule has 1 atom stereocenters. The normalized spacial score (nSPS) is 19.2. The molecule has 124 valence electrons. The Labute approximate surface area is 134 Å². The molecule has 8 nitrogen and oxygen atoms in total. The maximum absolute atomic E-state index is 12.7. The van der Waals surface area contributed by atoms with E-state index in [0.29, 0.717) is 30.3 Å². The molecule has 9 heteroatoms. The molecule has 0 unspecified atom stereocenters. The highest BCUT2D eigenvalue weighted by Crippen LogP contribution is 2.27. The summed E-state index contributed by atoms with van der Waals surface area (Å²) in [5, 5.41) is 11.6. The fourth-order valence-corrected chi connectivity index (χ4v) is 4.38. The third-order valence-electron chi connectivity index (χ3n) is 3.73. The molecule has 0 spiro atoms. The molecule has 0 amide bonds. The number of hydrogen-bond donors (Lipinski definition) is 0. The lowest BCUT2D eigenvalue weighted by Crippen LogP contribution is -2.31. The highest BCUT2D eigenvalue weighted by Gasteiger charge is 2.37. The molecule has 0 saturated carbocycles. The van der Waals surface area contributed by atoms with Crippen molar-refractivity contribution >= 4 is 10.0 Å². The van der Waals surface area contributed by atoms with Crippen LogP contribution >= 0.6 is 0 Å². The van der Waals surface area contributed by atoms with Crippen LogP contribution in [0.15, 0.2) is 21.6 Å². The zero-order valence-electron chi connectivity index (χ0n) is 13.2. The Balaban J connectivity index is 1.73. The summed E-state index contributed by atoms with van der Waals surface area (Å²) in [6.07, 6.45) is 0.347. The molecule has 0 radical (unpaired) electrons. The van der Waals surface area contributed by atoms with Crippen molar-refractivity contribution in [1.29, 1.82) is 0 Å². The van der Waals surface area contributed by atoms with Crippen molar-refractivity contribution in [2.75, 3.05) is 13.1 Å². The van der Waals surface area contributed by atoms with Gasteiger partial charge in [-0.05, 0) is 33.3 Å². The van der Waals surface area contributed by atoms with Crippen LogP contribution in [0.4, 0.5) is 0 Å². The summed E-state index contributed by atoms with van der Waals surface area (Å²) >= 11 is 0. The van der Waals surface area contributed by atoms with Crippen LogP contribution in [0.25, 0.3) is 0 Å². The summed E-state index contributed by atoms with van der Waals surface area (Å²) in [5.74, 6) is 0.702. The molecule has 1 aliphatic rings. The van der Waals surface area contributed by atoms with Gasteiger partial charge in [0.25, 0.3) is 0 Å². The van der Waals surface area contributed by atoms with Crippen molar-refractivity contribution in [2.45, 2.75) is 38.2 Å². The van der Waals surface area contributed by atoms with E-state index in [-0.39, 0.29) is 17.5 Å². The van der Waals surface area contributed by atoms with Crippen molar-refractivity contribution in [2.24, 2.45) is 0 Å². The summed E-state index contributed by atoms with van der Waals surface area (Å²) < 4.78 is 37.5. The van der Waals surface area contributed by atoms with Gasteiger partial charge in [0.2, 0.25) is 15.9 Å². The number of aromatic nitrogens is 3. The van der Waals surface area contributed by atoms with Gasteiger partial charge in [0, 0.05) is 12.6 Å². The number of nitrogens with zero attached hydrogens (tertiary/aromatic N) is 4. The molecular weight excluding hydrogens is 320 g/mol. The van der Waals surface area contributed by atoms with E-state index < -0.39 is 10.0 Å². The average Bonchev–Trinajstić information content (AvgIpc) is 3.09. The van der Waals surface area contributed by atoms with Crippen LogP contribution in [0.3, 0.4) is 0 Å². The second-order valence-corrected chi connectivity index (χ2v) is 7.43. The zero-order valence-corrected chi connectivity index (χ0v) is 14.0. The van der Waals surface area contributed by atoms with Gasteiger partial charge in [-0.15, -0.1) is 5.10 Å². The van der Waals surface area contributed by atoms with Crippen LogP contribution in [0.2, 0.25) is 0 Å². The Hall–Kier alpha value is -2.00. The van der Waals surface area contributed by atoms with E-state index in [2.05, 4.69) is 15.4 Å². The Bertz CT molecular complexity index is 781. The van der Waals surface area contributed by atoms with Crippen molar-refractivity contribution in [1.82, 2.24) is 19.7 Å². The van der Waals surface area contributed by atoms with Gasteiger partial charge in [-0.25, -0.2) is 8.42 Å². The monoisotopic (exact) mass is 338 g/mol. The Kier molecular flexibility index (Phi) is 4.07. The summed E-state index contributed by atoms with van der Waals surface area (Å²) in [7, 11) is -3.63. The first-order valence-corrected chi connectivity index (χ1v) is 8.72. The second kappa shape index (κ2) is 5.89. The van der Waals surface area contributed by atoms with Crippen LogP contribution in [-0.2, 0) is 10.0 Å². The maximum atomic E-state index is 12.7. The molecule has 0 aliphatic carbocycles. The molecule has 0 N–H and O–H groups in total. The van der Waals surface area contributed by atoms with E-state index >= 15 is 0 Å². The lowest BCUT2D eigenvalue weighted by Gasteiger charge is -2.16. The molecule has 1 saturated heterocycles. The van der Waals surface area contributed by atoms with Crippen LogP contribution in [0.5, 0.6) is 5.88 Å². The van der Waals surface area contributed by atoms with Gasteiger partial charge < -0.3 is 9.26 Å². The maximum Gasteiger partial charge on any atom is 0.248 e. The average molecular weight is 338 g/mol. The van der Waals surface area contributed by atoms with E-state index in [4.69, 9.17) is 9.26 Å². The molecule has 3 heterocycles. The van der Waals surface area contributed by atoms with E-state index in [1.807, 2.05) is 6.92 Å². The summed E-state index contributed by atoms with van der Waals surface area (Å²) in [5.41, 5.74) is 1.17. The second-order valence-electron chi connectivity index (χ2n) is 5.56. The van der Waals surface area contributed by atoms with Gasteiger partial charge in [-0.1, -0.05) is 5.16 Å². The Morgan fingerprint density at radius 2 is 2.04 bits per heavy atom. The lowest BCUT2D eigenvalue weighted by atomic mass is 10.3. The van der Waals surface area contributed by atoms with Gasteiger partial charge in [-0.3, -0.25) is 0 Å². The lowest BCUT2D eigenvalue weighted by molar-refractivity contribution is 0.204. The highest BCUT2D eigenvalue weighted by molar-refractivity contribution is 7.89. The quantitative estimate of drug-likeness (QED) is 0.827. The smallest absolute Gasteiger partial charge is 0.248 e. The predicted octanol–water partition coefficient (Wildman–Crippen LogP) is 1.23. The summed E-state index contributed by atoms with van der Waals surface area (Å²) in [6.45, 7) is 5.71. The molecular formula is C14H18N4O4S. The molecule has 0 aromatic carbocycles. The number of sulfonamides is 1. The van der Waals surface area contributed by atoms with Crippen LogP contribution in [0, 0.1) is 20.8 Å². The largest absolute Gasteiger partial charge is 0.472 e. The van der Waals surface area contributed by atoms with Crippen LogP contribution in [0.1, 0.15) is 23.6 Å². The topological polar surface area (TPSA) is 98.4 Å². The highest BCUT2D eigenvalue weighted by atomic mass is 32.2. The summed E-state index contributed by atoms with van der Waals surface area (Å²) in [4.78, 5) is 0.147. The minimum absolute atomic E-state index is 0.147. The molecule has 2 aromatic heterocycles. The van der Waals surface area contributed by atoms with Gasteiger partial charge in [0.15, 0.2) is 5.76 Å². The van der Waals surface area contributed by atoms with E-state index in [0.717, 1.165) is 5.69 Å². The molecule has 3 rings (SSSR count). The molecule has 1 aliphatic heterocycles. The molecule has 2 aromatic rings. The first kappa shape index (κ1) is 15.9. The third-order valence-corrected chi connectivity index (χ3v) is 5.84. The van der Waals surface area contributed by atoms with E-state index in [1.165, 1.54) is 4.31 Å². The predicted molar refractivity (Wildman–Crippen MR) is 80.5 cm³/mol. The van der Waals surface area contributed by atoms with E-state index in [9.17, 15) is 8.42 Å². The van der Waals surface area contributed by atoms with Crippen molar-refractivity contribution in [3.8, 4) is 5.88 Å².